The summed E-state index contributed by atoms with van der Waals surface area (Å²) in [5, 5.41) is 14.8. The van der Waals surface area contributed by atoms with Crippen molar-refractivity contribution < 1.29 is 14.6 Å². The third-order valence-electron chi connectivity index (χ3n) is 2.84. The van der Waals surface area contributed by atoms with Gasteiger partial charge in [0.1, 0.15) is 11.3 Å². The number of rotatable bonds is 3. The smallest absolute Gasteiger partial charge is 0.342 e. The van der Waals surface area contributed by atoms with Crippen molar-refractivity contribution in [1.29, 1.82) is 0 Å². The Morgan fingerprint density at radius 2 is 2.11 bits per heavy atom. The highest BCUT2D eigenvalue weighted by molar-refractivity contribution is 14.1. The summed E-state index contributed by atoms with van der Waals surface area (Å²) >= 11 is 2.21. The van der Waals surface area contributed by atoms with Crippen LogP contribution in [0, 0.1) is 3.57 Å². The largest absolute Gasteiger partial charge is 0.506 e. The summed E-state index contributed by atoms with van der Waals surface area (Å²) < 4.78 is 6.01. The maximum absolute atomic E-state index is 11.8. The first-order valence-electron chi connectivity index (χ1n) is 5.88. The SMILES string of the molecule is CCOC(=O)c1cc(NC)c2cc(I)ccc2c1O. The molecule has 0 aliphatic carbocycles. The van der Waals surface area contributed by atoms with Crippen LogP contribution in [-0.2, 0) is 4.74 Å². The van der Waals surface area contributed by atoms with E-state index in [0.717, 1.165) is 14.6 Å². The molecule has 0 aliphatic rings. The third-order valence-corrected chi connectivity index (χ3v) is 3.51. The van der Waals surface area contributed by atoms with Gasteiger partial charge in [0.05, 0.1) is 6.61 Å². The molecule has 0 radical (unpaired) electrons. The minimum absolute atomic E-state index is 0.0381. The molecule has 19 heavy (non-hydrogen) atoms. The van der Waals surface area contributed by atoms with Crippen molar-refractivity contribution >= 4 is 45.0 Å². The third kappa shape index (κ3) is 2.60. The Balaban J connectivity index is 2.72. The van der Waals surface area contributed by atoms with E-state index in [2.05, 4.69) is 27.9 Å². The highest BCUT2D eigenvalue weighted by Crippen LogP contribution is 2.35. The second-order valence-electron chi connectivity index (χ2n) is 3.98. The van der Waals surface area contributed by atoms with Crippen LogP contribution in [0.25, 0.3) is 10.8 Å². The van der Waals surface area contributed by atoms with Crippen LogP contribution >= 0.6 is 22.6 Å². The van der Waals surface area contributed by atoms with Gasteiger partial charge >= 0.3 is 5.97 Å². The van der Waals surface area contributed by atoms with Gasteiger partial charge < -0.3 is 15.2 Å². The topological polar surface area (TPSA) is 58.6 Å². The number of hydrogen-bond acceptors (Lipinski definition) is 4. The van der Waals surface area contributed by atoms with E-state index < -0.39 is 5.97 Å². The van der Waals surface area contributed by atoms with Gasteiger partial charge in [-0.3, -0.25) is 0 Å². The standard InChI is InChI=1S/C14H14INO3/c1-3-19-14(18)11-7-12(16-2)10-6-8(15)4-5-9(10)13(11)17/h4-7,16-17H,3H2,1-2H3. The number of esters is 1. The minimum atomic E-state index is -0.517. The predicted molar refractivity (Wildman–Crippen MR) is 83.8 cm³/mol. The van der Waals surface area contributed by atoms with E-state index in [1.165, 1.54) is 0 Å². The molecule has 100 valence electrons. The molecule has 0 aliphatic heterocycles. The maximum Gasteiger partial charge on any atom is 0.342 e. The van der Waals surface area contributed by atoms with Gasteiger partial charge in [-0.1, -0.05) is 0 Å². The van der Waals surface area contributed by atoms with Crippen LogP contribution in [0.15, 0.2) is 24.3 Å². The quantitative estimate of drug-likeness (QED) is 0.494. The second kappa shape index (κ2) is 5.64. The summed E-state index contributed by atoms with van der Waals surface area (Å²) in [6.07, 6.45) is 0. The van der Waals surface area contributed by atoms with Crippen molar-refractivity contribution in [1.82, 2.24) is 0 Å². The molecular formula is C14H14INO3. The Labute approximate surface area is 124 Å². The summed E-state index contributed by atoms with van der Waals surface area (Å²) in [6.45, 7) is 2.01. The molecular weight excluding hydrogens is 357 g/mol. The molecule has 2 aromatic carbocycles. The minimum Gasteiger partial charge on any atom is -0.506 e. The fourth-order valence-corrected chi connectivity index (χ4v) is 2.44. The van der Waals surface area contributed by atoms with Crippen LogP contribution in [0.5, 0.6) is 5.75 Å². The zero-order valence-electron chi connectivity index (χ0n) is 10.7. The second-order valence-corrected chi connectivity index (χ2v) is 5.23. The van der Waals surface area contributed by atoms with Crippen LogP contribution in [-0.4, -0.2) is 24.7 Å². The molecule has 2 aromatic rings. The molecule has 5 heteroatoms. The number of halogens is 1. The van der Waals surface area contributed by atoms with E-state index in [1.54, 1.807) is 26.1 Å². The van der Waals surface area contributed by atoms with Crippen LogP contribution < -0.4 is 5.32 Å². The van der Waals surface area contributed by atoms with Crippen LogP contribution in [0.1, 0.15) is 17.3 Å². The Morgan fingerprint density at radius 3 is 2.74 bits per heavy atom. The summed E-state index contributed by atoms with van der Waals surface area (Å²) in [5.41, 5.74) is 0.967. The average Bonchev–Trinajstić information content (AvgIpc) is 2.39. The first-order valence-corrected chi connectivity index (χ1v) is 6.96. The van der Waals surface area contributed by atoms with Gasteiger partial charge in [-0.15, -0.1) is 0 Å². The Kier molecular flexibility index (Phi) is 4.14. The van der Waals surface area contributed by atoms with E-state index in [1.807, 2.05) is 12.1 Å². The lowest BCUT2D eigenvalue weighted by molar-refractivity contribution is 0.0523. The van der Waals surface area contributed by atoms with Crippen LogP contribution in [0.3, 0.4) is 0 Å². The number of hydrogen-bond donors (Lipinski definition) is 2. The number of aromatic hydroxyl groups is 1. The number of carbonyl (C=O) groups excluding carboxylic acids is 1. The summed E-state index contributed by atoms with van der Waals surface area (Å²) in [5.74, 6) is -0.555. The van der Waals surface area contributed by atoms with Crippen LogP contribution in [0.4, 0.5) is 5.69 Å². The summed E-state index contributed by atoms with van der Waals surface area (Å²) in [4.78, 5) is 11.8. The van der Waals surface area contributed by atoms with Crippen molar-refractivity contribution in [2.75, 3.05) is 19.0 Å². The van der Waals surface area contributed by atoms with Gasteiger partial charge in [-0.05, 0) is 53.8 Å². The Hall–Kier alpha value is -1.50. The fraction of sp³-hybridized carbons (Fsp3) is 0.214. The molecule has 4 nitrogen and oxygen atoms in total. The van der Waals surface area contributed by atoms with E-state index in [9.17, 15) is 9.90 Å². The number of nitrogens with one attached hydrogen (secondary N) is 1. The number of phenols is 1. The lowest BCUT2D eigenvalue weighted by atomic mass is 10.0. The molecule has 0 amide bonds. The lowest BCUT2D eigenvalue weighted by Crippen LogP contribution is -2.06. The van der Waals surface area contributed by atoms with Gasteiger partial charge in [0.25, 0.3) is 0 Å². The maximum atomic E-state index is 11.8. The summed E-state index contributed by atoms with van der Waals surface area (Å²) in [7, 11) is 1.78. The number of ether oxygens (including phenoxy) is 1. The molecule has 0 spiro atoms. The van der Waals surface area contributed by atoms with Crippen molar-refractivity contribution in [3.63, 3.8) is 0 Å². The number of fused-ring (bicyclic) bond motifs is 1. The van der Waals surface area contributed by atoms with Crippen molar-refractivity contribution in [3.05, 3.63) is 33.4 Å². The molecule has 0 saturated carbocycles. The number of anilines is 1. The van der Waals surface area contributed by atoms with Gasteiger partial charge in [0.2, 0.25) is 0 Å². The molecule has 2 rings (SSSR count). The monoisotopic (exact) mass is 371 g/mol. The molecule has 0 aromatic heterocycles. The zero-order valence-corrected chi connectivity index (χ0v) is 12.8. The lowest BCUT2D eigenvalue weighted by Gasteiger charge is -2.12. The average molecular weight is 371 g/mol. The molecule has 0 atom stereocenters. The summed E-state index contributed by atoms with van der Waals surface area (Å²) in [6, 6.07) is 7.26. The number of phenolic OH excluding ortho intramolecular Hbond substituents is 1. The van der Waals surface area contributed by atoms with Gasteiger partial charge in [-0.25, -0.2) is 4.79 Å². The number of benzene rings is 2. The predicted octanol–water partition coefficient (Wildman–Crippen LogP) is 3.37. The first kappa shape index (κ1) is 13.9. The Morgan fingerprint density at radius 1 is 1.37 bits per heavy atom. The van der Waals surface area contributed by atoms with E-state index in [0.29, 0.717) is 5.39 Å². The van der Waals surface area contributed by atoms with Crippen molar-refractivity contribution in [2.45, 2.75) is 6.92 Å². The highest BCUT2D eigenvalue weighted by atomic mass is 127. The van der Waals surface area contributed by atoms with E-state index >= 15 is 0 Å². The van der Waals surface area contributed by atoms with Crippen molar-refractivity contribution in [2.24, 2.45) is 0 Å². The van der Waals surface area contributed by atoms with Crippen LogP contribution in [0.2, 0.25) is 0 Å². The molecule has 2 N–H and O–H groups in total. The molecule has 0 bridgehead atoms. The van der Waals surface area contributed by atoms with Gasteiger partial charge in [0, 0.05) is 27.1 Å². The highest BCUT2D eigenvalue weighted by Gasteiger charge is 2.17. The zero-order chi connectivity index (χ0) is 14.0. The number of carbonyl (C=O) groups is 1. The van der Waals surface area contributed by atoms with E-state index in [4.69, 9.17) is 4.74 Å². The van der Waals surface area contributed by atoms with Crippen molar-refractivity contribution in [3.8, 4) is 5.75 Å². The van der Waals surface area contributed by atoms with Gasteiger partial charge in [0.15, 0.2) is 0 Å². The van der Waals surface area contributed by atoms with Gasteiger partial charge in [-0.2, -0.15) is 0 Å². The molecule has 0 heterocycles. The fourth-order valence-electron chi connectivity index (χ4n) is 1.95. The first-order chi connectivity index (χ1) is 9.08. The normalized spacial score (nSPS) is 10.5. The van der Waals surface area contributed by atoms with E-state index in [-0.39, 0.29) is 17.9 Å². The molecule has 0 saturated heterocycles. The Bertz CT molecular complexity index is 640. The molecule has 0 unspecified atom stereocenters. The molecule has 0 fully saturated rings.